The maximum Gasteiger partial charge on any atom is 0.264 e. The number of nitrogens with zero attached hydrogens (tertiary/aromatic N) is 1. The van der Waals surface area contributed by atoms with Crippen molar-refractivity contribution < 1.29 is 24.2 Å². The SMILES string of the molecule is CC(=O)C[C@@]1(O)C(=O)N(Cc2ccc3c(c2)OCO3)c2ccccc21. The Morgan fingerprint density at radius 2 is 1.96 bits per heavy atom. The van der Waals surface area contributed by atoms with E-state index in [1.54, 1.807) is 30.3 Å². The van der Waals surface area contributed by atoms with E-state index in [1.807, 2.05) is 12.1 Å². The van der Waals surface area contributed by atoms with Crippen LogP contribution < -0.4 is 14.4 Å². The van der Waals surface area contributed by atoms with Crippen LogP contribution in [0, 0.1) is 0 Å². The fourth-order valence-corrected chi connectivity index (χ4v) is 3.42. The third-order valence-electron chi connectivity index (χ3n) is 4.52. The number of rotatable bonds is 4. The molecule has 0 fully saturated rings. The Kier molecular flexibility index (Phi) is 3.51. The number of para-hydroxylation sites is 1. The smallest absolute Gasteiger partial charge is 0.264 e. The van der Waals surface area contributed by atoms with E-state index in [-0.39, 0.29) is 25.5 Å². The topological polar surface area (TPSA) is 76.1 Å². The molecule has 2 aromatic carbocycles. The Morgan fingerprint density at radius 3 is 2.76 bits per heavy atom. The molecule has 0 bridgehead atoms. The van der Waals surface area contributed by atoms with Gasteiger partial charge in [-0.05, 0) is 30.7 Å². The number of anilines is 1. The van der Waals surface area contributed by atoms with Crippen LogP contribution in [0.1, 0.15) is 24.5 Å². The Hall–Kier alpha value is -2.86. The third-order valence-corrected chi connectivity index (χ3v) is 4.52. The van der Waals surface area contributed by atoms with Gasteiger partial charge in [0.05, 0.1) is 12.2 Å². The zero-order valence-corrected chi connectivity index (χ0v) is 13.7. The largest absolute Gasteiger partial charge is 0.454 e. The van der Waals surface area contributed by atoms with Crippen LogP contribution in [-0.2, 0) is 21.7 Å². The summed E-state index contributed by atoms with van der Waals surface area (Å²) in [6.45, 7) is 1.82. The first-order valence-corrected chi connectivity index (χ1v) is 8.01. The van der Waals surface area contributed by atoms with E-state index in [9.17, 15) is 14.7 Å². The van der Waals surface area contributed by atoms with Crippen LogP contribution in [0.2, 0.25) is 0 Å². The maximum atomic E-state index is 12.9. The van der Waals surface area contributed by atoms with Crippen molar-refractivity contribution in [2.24, 2.45) is 0 Å². The molecular formula is C19H17NO5. The monoisotopic (exact) mass is 339 g/mol. The van der Waals surface area contributed by atoms with Gasteiger partial charge in [0, 0.05) is 12.0 Å². The van der Waals surface area contributed by atoms with Gasteiger partial charge in [-0.15, -0.1) is 0 Å². The minimum atomic E-state index is -1.81. The highest BCUT2D eigenvalue weighted by Crippen LogP contribution is 2.43. The second-order valence-corrected chi connectivity index (χ2v) is 6.34. The van der Waals surface area contributed by atoms with Crippen molar-refractivity contribution in [3.05, 3.63) is 53.6 Å². The van der Waals surface area contributed by atoms with Crippen LogP contribution in [0.25, 0.3) is 0 Å². The first kappa shape index (κ1) is 15.7. The van der Waals surface area contributed by atoms with Crippen LogP contribution in [0.4, 0.5) is 5.69 Å². The van der Waals surface area contributed by atoms with E-state index in [2.05, 4.69) is 0 Å². The van der Waals surface area contributed by atoms with Crippen molar-refractivity contribution >= 4 is 17.4 Å². The average molecular weight is 339 g/mol. The van der Waals surface area contributed by atoms with Crippen LogP contribution in [0.5, 0.6) is 11.5 Å². The lowest BCUT2D eigenvalue weighted by atomic mass is 9.90. The number of hydrogen-bond acceptors (Lipinski definition) is 5. The van der Waals surface area contributed by atoms with Gasteiger partial charge < -0.3 is 19.5 Å². The van der Waals surface area contributed by atoms with Crippen LogP contribution in [0.15, 0.2) is 42.5 Å². The van der Waals surface area contributed by atoms with Crippen molar-refractivity contribution in [3.8, 4) is 11.5 Å². The number of aliphatic hydroxyl groups is 1. The summed E-state index contributed by atoms with van der Waals surface area (Å²) in [5.41, 5.74) is 0.128. The molecule has 6 nitrogen and oxygen atoms in total. The van der Waals surface area contributed by atoms with Gasteiger partial charge in [0.25, 0.3) is 5.91 Å². The first-order valence-electron chi connectivity index (χ1n) is 8.01. The highest BCUT2D eigenvalue weighted by molar-refractivity contribution is 6.08. The molecule has 25 heavy (non-hydrogen) atoms. The predicted molar refractivity (Wildman–Crippen MR) is 89.4 cm³/mol. The van der Waals surface area contributed by atoms with Crippen LogP contribution in [-0.4, -0.2) is 23.6 Å². The summed E-state index contributed by atoms with van der Waals surface area (Å²) in [6.07, 6.45) is -0.236. The van der Waals surface area contributed by atoms with E-state index in [0.717, 1.165) is 5.56 Å². The molecule has 0 spiro atoms. The van der Waals surface area contributed by atoms with Gasteiger partial charge in [-0.2, -0.15) is 0 Å². The molecule has 1 atom stereocenters. The number of benzene rings is 2. The lowest BCUT2D eigenvalue weighted by Gasteiger charge is -2.22. The predicted octanol–water partition coefficient (Wildman–Crippen LogP) is 2.13. The molecule has 128 valence electrons. The second-order valence-electron chi connectivity index (χ2n) is 6.34. The van der Waals surface area contributed by atoms with Gasteiger partial charge in [0.2, 0.25) is 6.79 Å². The minimum Gasteiger partial charge on any atom is -0.454 e. The Balaban J connectivity index is 1.70. The fraction of sp³-hybridized carbons (Fsp3) is 0.263. The maximum absolute atomic E-state index is 12.9. The van der Waals surface area contributed by atoms with E-state index in [1.165, 1.54) is 11.8 Å². The molecule has 0 unspecified atom stereocenters. The number of carbonyl (C=O) groups excluding carboxylic acids is 2. The highest BCUT2D eigenvalue weighted by atomic mass is 16.7. The number of amides is 1. The first-order chi connectivity index (χ1) is 12.0. The number of Topliss-reactive ketones (excluding diaryl/α,β-unsaturated/α-hetero) is 1. The standard InChI is InChI=1S/C19H17NO5/c1-12(21)9-19(23)14-4-2-3-5-15(14)20(18(19)22)10-13-6-7-16-17(8-13)25-11-24-16/h2-8,23H,9-11H2,1H3/t19-/m0/s1. The summed E-state index contributed by atoms with van der Waals surface area (Å²) in [5, 5.41) is 10.9. The number of fused-ring (bicyclic) bond motifs is 2. The molecule has 2 aromatic rings. The third kappa shape index (κ3) is 2.46. The Morgan fingerprint density at radius 1 is 1.20 bits per heavy atom. The van der Waals surface area contributed by atoms with Crippen molar-refractivity contribution in [2.75, 3.05) is 11.7 Å². The zero-order valence-electron chi connectivity index (χ0n) is 13.7. The van der Waals surface area contributed by atoms with Crippen LogP contribution >= 0.6 is 0 Å². The Labute approximate surface area is 144 Å². The molecule has 1 N–H and O–H groups in total. The van der Waals surface area contributed by atoms with Crippen molar-refractivity contribution in [3.63, 3.8) is 0 Å². The summed E-state index contributed by atoms with van der Waals surface area (Å²) in [7, 11) is 0. The van der Waals surface area contributed by atoms with Gasteiger partial charge in [0.1, 0.15) is 5.78 Å². The fourth-order valence-electron chi connectivity index (χ4n) is 3.42. The van der Waals surface area contributed by atoms with Gasteiger partial charge in [0.15, 0.2) is 17.1 Å². The lowest BCUT2D eigenvalue weighted by Crippen LogP contribution is -2.41. The average Bonchev–Trinajstić information content (AvgIpc) is 3.12. The molecule has 2 aliphatic heterocycles. The molecule has 1 amide bonds. The number of hydrogen-bond donors (Lipinski definition) is 1. The molecule has 6 heteroatoms. The summed E-state index contributed by atoms with van der Waals surface area (Å²) in [6, 6.07) is 12.5. The second kappa shape index (κ2) is 5.60. The van der Waals surface area contributed by atoms with E-state index in [4.69, 9.17) is 9.47 Å². The summed E-state index contributed by atoms with van der Waals surface area (Å²) < 4.78 is 10.7. The summed E-state index contributed by atoms with van der Waals surface area (Å²) in [5.74, 6) is 0.582. The molecule has 2 heterocycles. The Bertz CT molecular complexity index is 878. The molecule has 2 aliphatic rings. The molecular weight excluding hydrogens is 322 g/mol. The molecule has 0 aliphatic carbocycles. The van der Waals surface area contributed by atoms with E-state index < -0.39 is 11.5 Å². The van der Waals surface area contributed by atoms with Crippen LogP contribution in [0.3, 0.4) is 0 Å². The summed E-state index contributed by atoms with van der Waals surface area (Å²) in [4.78, 5) is 26.0. The van der Waals surface area contributed by atoms with Gasteiger partial charge >= 0.3 is 0 Å². The highest BCUT2D eigenvalue weighted by Gasteiger charge is 2.50. The number of ketones is 1. The lowest BCUT2D eigenvalue weighted by molar-refractivity contribution is -0.141. The van der Waals surface area contributed by atoms with Crippen molar-refractivity contribution in [1.29, 1.82) is 0 Å². The van der Waals surface area contributed by atoms with Gasteiger partial charge in [-0.1, -0.05) is 24.3 Å². The van der Waals surface area contributed by atoms with Gasteiger partial charge in [-0.25, -0.2) is 0 Å². The molecule has 0 aromatic heterocycles. The zero-order chi connectivity index (χ0) is 17.6. The molecule has 4 rings (SSSR count). The molecule has 0 radical (unpaired) electrons. The van der Waals surface area contributed by atoms with E-state index in [0.29, 0.717) is 22.7 Å². The normalized spacial score (nSPS) is 20.7. The number of carbonyl (C=O) groups is 2. The quantitative estimate of drug-likeness (QED) is 0.923. The van der Waals surface area contributed by atoms with E-state index >= 15 is 0 Å². The number of ether oxygens (including phenoxy) is 2. The minimum absolute atomic E-state index is 0.183. The summed E-state index contributed by atoms with van der Waals surface area (Å²) >= 11 is 0. The molecule has 0 saturated carbocycles. The van der Waals surface area contributed by atoms with Crippen molar-refractivity contribution in [2.45, 2.75) is 25.5 Å². The van der Waals surface area contributed by atoms with Crippen molar-refractivity contribution in [1.82, 2.24) is 0 Å². The molecule has 0 saturated heterocycles. The van der Waals surface area contributed by atoms with Gasteiger partial charge in [-0.3, -0.25) is 9.59 Å².